The van der Waals surface area contributed by atoms with E-state index < -0.39 is 220 Å². The third kappa shape index (κ3) is 16.6. The molecule has 12 atom stereocenters. The number of rotatable bonds is 26. The zero-order chi connectivity index (χ0) is 81.6. The quantitative estimate of drug-likeness (QED) is 0.0157. The molecule has 3 fully saturated rings. The topological polar surface area (TPSA) is 519 Å². The molecule has 5 aromatic carbocycles. The number of amides is 4. The van der Waals surface area contributed by atoms with Gasteiger partial charge in [-0.05, 0) is 91.1 Å². The number of nitrogen functional groups attached to an aromatic ring is 1. The minimum atomic E-state index is -2.60. The predicted molar refractivity (Wildman–Crippen MR) is 393 cm³/mol. The number of nitrogens with two attached hydrogens (primary N) is 1. The van der Waals surface area contributed by atoms with E-state index in [2.05, 4.69) is 58.5 Å². The summed E-state index contributed by atoms with van der Waals surface area (Å²) in [5.74, 6) is -16.2. The van der Waals surface area contributed by atoms with Crippen molar-refractivity contribution >= 4 is 94.0 Å². The van der Waals surface area contributed by atoms with E-state index in [4.69, 9.17) is 34.2 Å². The smallest absolute Gasteiger partial charge is 0.339 e. The van der Waals surface area contributed by atoms with Gasteiger partial charge < -0.3 is 86.3 Å². The minimum absolute atomic E-state index is 0.0291. The Bertz CT molecular complexity index is 5130. The summed E-state index contributed by atoms with van der Waals surface area (Å²) in [4.78, 5) is 194. The molecule has 1 unspecified atom stereocenters. The molecule has 0 spiro atoms. The number of aromatic carboxylic acids is 2. The molecule has 2 saturated carbocycles. The van der Waals surface area contributed by atoms with Crippen LogP contribution >= 0.6 is 0 Å². The van der Waals surface area contributed by atoms with Crippen LogP contribution in [0.1, 0.15) is 152 Å². The summed E-state index contributed by atoms with van der Waals surface area (Å²) in [5, 5.41) is 70.7. The standard InChI is InChI=1S/C79H78N10O24/c1-39-53(111-74(106)60(93)58(43-18-12-8-13-19-43)87-67(96)44-20-14-9-15-21-44)35-79(107)64(108-31-28-42-16-10-7-11-17-42)62-77(6,63(94)61(110-40(2)90)57(39)76(79,4)5)54(34-55-78(62,38-109-55)113-41(3)91)112-73(105)51-33-49(70(99)100)48(32-50(51)71(101)102)68(97)82-30-29-81-56(92)27-26-52(72(103)104)86-66(95)45-22-24-46(25-23-45)83-36-47-37-84-65-59(85-47)69(98)89-75(80)88-65/h7-25,32-33,37,39,52-55,58,60,62,64,83,93,107H,26-27,29-30,34-36,38H2,1-6H3,(H,81,92)(H,82,97)(H,86,95)(H,87,96)(H,99,100)(H,101,102)(H,103,104)(H3,80,84,88,89,98)/t39?,52-,53-,54-,55+,58-,60+,62-,64-,77+,78-,79+/m0/s1. The molecule has 4 amide bonds. The number of Topliss-reactive ketones (excluding diaryl/α,β-unsaturated/α-hetero) is 1. The zero-order valence-corrected chi connectivity index (χ0v) is 61.5. The average Bonchev–Trinajstić information content (AvgIpc) is 0.667. The summed E-state index contributed by atoms with van der Waals surface area (Å²) in [6.45, 7) is 6.41. The van der Waals surface area contributed by atoms with Crippen LogP contribution in [-0.4, -0.2) is 184 Å². The maximum atomic E-state index is 16.7. The Kier molecular flexibility index (Phi) is 23.7. The van der Waals surface area contributed by atoms with Gasteiger partial charge in [-0.25, -0.2) is 33.9 Å². The number of esters is 4. The Morgan fingerprint density at radius 1 is 0.743 bits per heavy atom. The van der Waals surface area contributed by atoms with E-state index in [0.29, 0.717) is 29.1 Å². The van der Waals surface area contributed by atoms with Crippen LogP contribution in [0, 0.1) is 34.7 Å². The van der Waals surface area contributed by atoms with Crippen molar-refractivity contribution in [3.05, 3.63) is 205 Å². The Balaban J connectivity index is 0.841. The van der Waals surface area contributed by atoms with E-state index in [0.717, 1.165) is 13.8 Å². The predicted octanol–water partition coefficient (Wildman–Crippen LogP) is 4.10. The molecule has 2 aromatic heterocycles. The number of nitrogens with zero attached hydrogens (tertiary/aromatic N) is 3. The van der Waals surface area contributed by atoms with Crippen LogP contribution in [0.25, 0.3) is 11.2 Å². The van der Waals surface area contributed by atoms with Gasteiger partial charge in [0.1, 0.15) is 42.2 Å². The van der Waals surface area contributed by atoms with Crippen molar-refractivity contribution < 1.29 is 111 Å². The molecule has 3 heterocycles. The third-order valence-corrected chi connectivity index (χ3v) is 20.8. The Labute approximate surface area is 642 Å². The second kappa shape index (κ2) is 33.1. The Hall–Kier alpha value is -13.3. The van der Waals surface area contributed by atoms with Gasteiger partial charge in [0.25, 0.3) is 23.3 Å². The third-order valence-electron chi connectivity index (χ3n) is 20.8. The maximum absolute atomic E-state index is 16.7. The van der Waals surface area contributed by atoms with Crippen molar-refractivity contribution in [2.24, 2.45) is 22.7 Å². The highest BCUT2D eigenvalue weighted by Crippen LogP contribution is 2.65. The lowest BCUT2D eigenvalue weighted by molar-refractivity contribution is -0.345. The molecule has 7 aromatic rings. The van der Waals surface area contributed by atoms with E-state index in [1.165, 1.54) is 70.3 Å². The van der Waals surface area contributed by atoms with Crippen LogP contribution in [0.3, 0.4) is 0 Å². The fraction of sp³-hybridized carbons (Fsp3) is 0.342. The Morgan fingerprint density at radius 3 is 1.99 bits per heavy atom. The number of aromatic amines is 1. The number of anilines is 2. The van der Waals surface area contributed by atoms with Gasteiger partial charge in [-0.2, -0.15) is 4.98 Å². The first-order valence-electron chi connectivity index (χ1n) is 35.5. The number of allylic oxidation sites excluding steroid dienone is 1. The summed E-state index contributed by atoms with van der Waals surface area (Å²) in [6, 6.07) is 28.1. The second-order valence-electron chi connectivity index (χ2n) is 28.2. The highest BCUT2D eigenvalue weighted by molar-refractivity contribution is 6.11. The number of hydrogen-bond acceptors (Lipinski definition) is 26. The number of nitrogens with one attached hydrogen (secondary N) is 6. The van der Waals surface area contributed by atoms with Crippen molar-refractivity contribution in [1.82, 2.24) is 41.2 Å². The summed E-state index contributed by atoms with van der Waals surface area (Å²) in [6.07, 6.45) is -7.30. The lowest BCUT2D eigenvalue weighted by Gasteiger charge is -2.67. The number of benzene rings is 5. The van der Waals surface area contributed by atoms with Crippen LogP contribution in [-0.2, 0) is 63.7 Å². The number of ether oxygens (including phenoxy) is 6. The molecule has 3 aliphatic carbocycles. The van der Waals surface area contributed by atoms with Gasteiger partial charge in [0.05, 0.1) is 64.7 Å². The number of carboxylic acids is 3. The number of H-pyrrole nitrogens is 1. The average molecular weight is 1550 g/mol. The molecular formula is C79H78N10O24. The van der Waals surface area contributed by atoms with Gasteiger partial charge in [0.15, 0.2) is 28.6 Å². The molecular weight excluding hydrogens is 1470 g/mol. The number of fused-ring (bicyclic) bond motifs is 6. The normalized spacial score (nSPS) is 22.6. The van der Waals surface area contributed by atoms with Gasteiger partial charge in [-0.15, -0.1) is 0 Å². The molecule has 11 rings (SSSR count). The van der Waals surface area contributed by atoms with E-state index in [1.54, 1.807) is 78.9 Å². The van der Waals surface area contributed by atoms with Gasteiger partial charge in [0, 0.05) is 79.9 Å². The fourth-order valence-corrected chi connectivity index (χ4v) is 15.1. The monoisotopic (exact) mass is 1550 g/mol. The summed E-state index contributed by atoms with van der Waals surface area (Å²) >= 11 is 0. The molecule has 113 heavy (non-hydrogen) atoms. The Morgan fingerprint density at radius 2 is 1.36 bits per heavy atom. The van der Waals surface area contributed by atoms with Crippen LogP contribution in [0.5, 0.6) is 0 Å². The summed E-state index contributed by atoms with van der Waals surface area (Å²) in [5.41, 5.74) is -6.32. The molecule has 34 nitrogen and oxygen atoms in total. The number of ketones is 1. The van der Waals surface area contributed by atoms with Crippen molar-refractivity contribution in [2.45, 2.75) is 128 Å². The largest absolute Gasteiger partial charge is 0.480 e. The van der Waals surface area contributed by atoms with Crippen LogP contribution in [0.4, 0.5) is 11.6 Å². The first kappa shape index (κ1) is 80.7. The van der Waals surface area contributed by atoms with Crippen LogP contribution in [0.2, 0.25) is 0 Å². The number of carboxylic acid groups (broad SMARTS) is 3. The molecule has 13 N–H and O–H groups in total. The SMILES string of the molecule is CC(=O)OC1=C2C(C)[C@@H](OC(=O)[C@H](O)[C@@H](NC(=O)c3ccccc3)c3ccccc3)C[C@@](O)([C@@H](OC#Cc3ccccc3)[C@@H]3[C@]4(OC(C)=O)CO[C@@H]4C[C@H](OC(=O)c4cc(C(=O)O)c(C(=O)NCCNC(=O)CC[C@H](NC(=O)c5ccc(NCc6cnc7nc(N)[nH]c(=O)c7n6)cc5)C(=O)O)cc4C(=O)O)[C@@]3(C)C1=O)C2(C)C. The van der Waals surface area contributed by atoms with Gasteiger partial charge in [-0.1, -0.05) is 87.5 Å². The molecule has 2 bridgehead atoms. The summed E-state index contributed by atoms with van der Waals surface area (Å²) in [7, 11) is 0. The maximum Gasteiger partial charge on any atom is 0.339 e. The second-order valence-corrected chi connectivity index (χ2v) is 28.2. The van der Waals surface area contributed by atoms with Gasteiger partial charge >= 0.3 is 41.8 Å². The zero-order valence-electron chi connectivity index (χ0n) is 61.5. The molecule has 1 aliphatic heterocycles. The van der Waals surface area contributed by atoms with Gasteiger partial charge in [-0.3, -0.25) is 43.3 Å². The van der Waals surface area contributed by atoms with E-state index >= 15 is 9.59 Å². The number of aromatic nitrogens is 4. The lowest BCUT2D eigenvalue weighted by atomic mass is 9.45. The van der Waals surface area contributed by atoms with Crippen LogP contribution in [0.15, 0.2) is 150 Å². The number of carbonyl (C=O) groups is 12. The first-order valence-corrected chi connectivity index (χ1v) is 35.5. The van der Waals surface area contributed by atoms with Crippen molar-refractivity contribution in [3.8, 4) is 12.0 Å². The number of aliphatic hydroxyl groups excluding tert-OH is 1. The van der Waals surface area contributed by atoms with Crippen molar-refractivity contribution in [1.29, 1.82) is 0 Å². The molecule has 34 heteroatoms. The van der Waals surface area contributed by atoms with E-state index in [1.807, 2.05) is 0 Å². The van der Waals surface area contributed by atoms with E-state index in [-0.39, 0.29) is 52.5 Å². The fourth-order valence-electron chi connectivity index (χ4n) is 15.1. The summed E-state index contributed by atoms with van der Waals surface area (Å²) < 4.78 is 37.5. The molecule has 4 aliphatic rings. The minimum Gasteiger partial charge on any atom is -0.480 e. The van der Waals surface area contributed by atoms with Crippen LogP contribution < -0.4 is 37.9 Å². The number of aliphatic hydroxyl groups is 2. The number of aliphatic carboxylic acids is 1. The van der Waals surface area contributed by atoms with Crippen molar-refractivity contribution in [2.75, 3.05) is 30.7 Å². The lowest BCUT2D eigenvalue weighted by Crippen LogP contribution is -2.81. The molecule has 1 saturated heterocycles. The van der Waals surface area contributed by atoms with Crippen molar-refractivity contribution in [3.63, 3.8) is 0 Å². The molecule has 0 radical (unpaired) electrons. The molecule has 588 valence electrons. The highest BCUT2D eigenvalue weighted by atomic mass is 16.6. The van der Waals surface area contributed by atoms with Gasteiger partial charge in [0.2, 0.25) is 17.6 Å². The number of hydrogen-bond donors (Lipinski definition) is 12. The number of carbonyl (C=O) groups excluding carboxylic acids is 9. The highest BCUT2D eigenvalue weighted by Gasteiger charge is 2.79. The van der Waals surface area contributed by atoms with E-state index in [9.17, 15) is 78.3 Å². The first-order chi connectivity index (χ1) is 53.7.